The lowest BCUT2D eigenvalue weighted by Crippen LogP contribution is -2.51. The molecule has 1 N–H and O–H groups in total. The number of likely N-dealkylation sites (N-methyl/N-ethyl adjacent to an activating group) is 1. The molecule has 0 saturated carbocycles. The molecule has 0 aliphatic rings. The predicted molar refractivity (Wildman–Crippen MR) is 130 cm³/mol. The summed E-state index contributed by atoms with van der Waals surface area (Å²) in [6, 6.07) is 23.4. The number of nitrogens with one attached hydrogen (secondary N) is 1. The number of rotatable bonds is 9. The Bertz CT molecular complexity index is 1040. The highest BCUT2D eigenvalue weighted by Crippen LogP contribution is 2.21. The minimum absolute atomic E-state index is 0.188. The lowest BCUT2D eigenvalue weighted by molar-refractivity contribution is -0.142. The number of carbonyl (C=O) groups is 2. The third-order valence-corrected chi connectivity index (χ3v) is 5.89. The molecule has 0 spiro atoms. The molecule has 5 nitrogen and oxygen atoms in total. The Labute approximate surface area is 201 Å². The molecule has 0 radical (unpaired) electrons. The Morgan fingerprint density at radius 3 is 2.31 bits per heavy atom. The van der Waals surface area contributed by atoms with Gasteiger partial charge >= 0.3 is 0 Å². The van der Waals surface area contributed by atoms with Crippen LogP contribution >= 0.6 is 27.5 Å². The summed E-state index contributed by atoms with van der Waals surface area (Å²) in [5.74, 6) is 0.00839. The van der Waals surface area contributed by atoms with E-state index < -0.39 is 6.04 Å². The average molecular weight is 516 g/mol. The van der Waals surface area contributed by atoms with E-state index in [1.54, 1.807) is 25.2 Å². The zero-order chi connectivity index (χ0) is 22.9. The number of hydrogen-bond acceptors (Lipinski definition) is 3. The molecular weight excluding hydrogens is 492 g/mol. The van der Waals surface area contributed by atoms with Gasteiger partial charge in [-0.2, -0.15) is 0 Å². The van der Waals surface area contributed by atoms with Crippen LogP contribution in [0.4, 0.5) is 0 Å². The van der Waals surface area contributed by atoms with Crippen LogP contribution in [0, 0.1) is 0 Å². The molecule has 1 atom stereocenters. The summed E-state index contributed by atoms with van der Waals surface area (Å²) in [7, 11) is 1.57. The Kier molecular flexibility index (Phi) is 8.71. The number of hydrogen-bond donors (Lipinski definition) is 1. The first-order valence-electron chi connectivity index (χ1n) is 10.1. The second kappa shape index (κ2) is 11.7. The van der Waals surface area contributed by atoms with Gasteiger partial charge in [0.15, 0.2) is 6.61 Å². The fourth-order valence-electron chi connectivity index (χ4n) is 3.29. The van der Waals surface area contributed by atoms with Crippen molar-refractivity contribution in [3.8, 4) is 5.75 Å². The van der Waals surface area contributed by atoms with Crippen LogP contribution in [0.5, 0.6) is 5.75 Å². The first-order chi connectivity index (χ1) is 15.5. The van der Waals surface area contributed by atoms with E-state index in [2.05, 4.69) is 21.2 Å². The van der Waals surface area contributed by atoms with Crippen molar-refractivity contribution >= 4 is 39.3 Å². The van der Waals surface area contributed by atoms with Gasteiger partial charge < -0.3 is 15.0 Å². The molecule has 3 rings (SSSR count). The van der Waals surface area contributed by atoms with Gasteiger partial charge in [0, 0.05) is 29.5 Å². The van der Waals surface area contributed by atoms with Gasteiger partial charge in [0.25, 0.3) is 5.91 Å². The minimum Gasteiger partial charge on any atom is -0.484 e. The molecule has 0 aliphatic heterocycles. The topological polar surface area (TPSA) is 58.6 Å². The highest BCUT2D eigenvalue weighted by atomic mass is 79.9. The fourth-order valence-corrected chi connectivity index (χ4v) is 3.75. The van der Waals surface area contributed by atoms with E-state index in [-0.39, 0.29) is 25.0 Å². The van der Waals surface area contributed by atoms with Crippen LogP contribution in [-0.2, 0) is 22.6 Å². The number of amides is 2. The van der Waals surface area contributed by atoms with E-state index in [0.29, 0.717) is 17.2 Å². The summed E-state index contributed by atoms with van der Waals surface area (Å²) in [6.45, 7) is -0.0124. The van der Waals surface area contributed by atoms with E-state index in [9.17, 15) is 9.59 Å². The Balaban J connectivity index is 1.87. The molecule has 0 bridgehead atoms. The first-order valence-corrected chi connectivity index (χ1v) is 11.3. The highest BCUT2D eigenvalue weighted by molar-refractivity contribution is 9.10. The second-order valence-electron chi connectivity index (χ2n) is 7.18. The smallest absolute Gasteiger partial charge is 0.261 e. The first kappa shape index (κ1) is 23.8. The molecule has 3 aromatic rings. The largest absolute Gasteiger partial charge is 0.484 e. The van der Waals surface area contributed by atoms with Crippen LogP contribution in [0.2, 0.25) is 5.02 Å². The molecule has 0 saturated heterocycles. The van der Waals surface area contributed by atoms with E-state index in [4.69, 9.17) is 16.3 Å². The quantitative estimate of drug-likeness (QED) is 0.442. The van der Waals surface area contributed by atoms with Crippen LogP contribution in [0.25, 0.3) is 0 Å². The van der Waals surface area contributed by atoms with Gasteiger partial charge in [-0.1, -0.05) is 76.1 Å². The summed E-state index contributed by atoms with van der Waals surface area (Å²) in [5, 5.41) is 3.23. The number of ether oxygens (including phenoxy) is 1. The van der Waals surface area contributed by atoms with E-state index in [1.807, 2.05) is 60.7 Å². The van der Waals surface area contributed by atoms with Crippen molar-refractivity contribution in [3.05, 3.63) is 99.5 Å². The van der Waals surface area contributed by atoms with Crippen LogP contribution in [0.1, 0.15) is 11.1 Å². The van der Waals surface area contributed by atoms with Gasteiger partial charge in [-0.15, -0.1) is 0 Å². The minimum atomic E-state index is -0.723. The fraction of sp³-hybridized carbons (Fsp3) is 0.200. The summed E-state index contributed by atoms with van der Waals surface area (Å²) >= 11 is 9.74. The summed E-state index contributed by atoms with van der Waals surface area (Å²) in [5.41, 5.74) is 1.71. The number of halogens is 2. The van der Waals surface area contributed by atoms with Crippen molar-refractivity contribution in [2.75, 3.05) is 13.7 Å². The Hall–Kier alpha value is -2.83. The monoisotopic (exact) mass is 514 g/mol. The zero-order valence-corrected chi connectivity index (χ0v) is 20.0. The van der Waals surface area contributed by atoms with Crippen LogP contribution in [0.3, 0.4) is 0 Å². The van der Waals surface area contributed by atoms with E-state index in [0.717, 1.165) is 15.6 Å². The van der Waals surface area contributed by atoms with E-state index in [1.165, 1.54) is 4.90 Å². The molecule has 0 fully saturated rings. The molecule has 166 valence electrons. The maximum atomic E-state index is 13.3. The number of carbonyl (C=O) groups excluding carboxylic acids is 2. The van der Waals surface area contributed by atoms with Crippen molar-refractivity contribution in [2.45, 2.75) is 19.0 Å². The molecule has 0 aromatic heterocycles. The molecule has 0 heterocycles. The normalized spacial score (nSPS) is 11.5. The summed E-state index contributed by atoms with van der Waals surface area (Å²) in [4.78, 5) is 27.7. The summed E-state index contributed by atoms with van der Waals surface area (Å²) < 4.78 is 6.62. The maximum absolute atomic E-state index is 13.3. The number of benzene rings is 3. The van der Waals surface area contributed by atoms with Crippen molar-refractivity contribution in [1.82, 2.24) is 10.2 Å². The molecule has 7 heteroatoms. The van der Waals surface area contributed by atoms with Gasteiger partial charge in [-0.25, -0.2) is 0 Å². The lowest BCUT2D eigenvalue weighted by atomic mass is 10.0. The molecule has 2 amide bonds. The van der Waals surface area contributed by atoms with Crippen LogP contribution in [-0.4, -0.2) is 36.4 Å². The van der Waals surface area contributed by atoms with Gasteiger partial charge in [-0.05, 0) is 41.5 Å². The highest BCUT2D eigenvalue weighted by Gasteiger charge is 2.30. The zero-order valence-electron chi connectivity index (χ0n) is 17.6. The lowest BCUT2D eigenvalue weighted by Gasteiger charge is -2.31. The van der Waals surface area contributed by atoms with Crippen molar-refractivity contribution in [3.63, 3.8) is 0 Å². The molecular formula is C25H24BrClN2O3. The van der Waals surface area contributed by atoms with Crippen molar-refractivity contribution in [1.29, 1.82) is 0 Å². The molecule has 0 aliphatic carbocycles. The SMILES string of the molecule is CNC(=O)[C@@H](Cc1ccccc1)N(Cc1ccccc1Cl)C(=O)COc1ccc(Br)cc1. The average Bonchev–Trinajstić information content (AvgIpc) is 2.82. The van der Waals surface area contributed by atoms with Crippen molar-refractivity contribution in [2.24, 2.45) is 0 Å². The van der Waals surface area contributed by atoms with E-state index >= 15 is 0 Å². The predicted octanol–water partition coefficient (Wildman–Crippen LogP) is 4.87. The van der Waals surface area contributed by atoms with Gasteiger partial charge in [0.05, 0.1) is 0 Å². The standard InChI is InChI=1S/C25H24BrClN2O3/c1-28-25(31)23(15-18-7-3-2-4-8-18)29(16-19-9-5-6-10-22(19)27)24(30)17-32-21-13-11-20(26)12-14-21/h2-14,23H,15-17H2,1H3,(H,28,31)/t23-/m1/s1. The van der Waals surface area contributed by atoms with Gasteiger partial charge in [0.2, 0.25) is 5.91 Å². The molecule has 3 aromatic carbocycles. The maximum Gasteiger partial charge on any atom is 0.261 e. The second-order valence-corrected chi connectivity index (χ2v) is 8.50. The van der Waals surface area contributed by atoms with Crippen LogP contribution < -0.4 is 10.1 Å². The van der Waals surface area contributed by atoms with Crippen molar-refractivity contribution < 1.29 is 14.3 Å². The third-order valence-electron chi connectivity index (χ3n) is 4.99. The van der Waals surface area contributed by atoms with Crippen LogP contribution in [0.15, 0.2) is 83.3 Å². The third kappa shape index (κ3) is 6.58. The molecule has 32 heavy (non-hydrogen) atoms. The van der Waals surface area contributed by atoms with Gasteiger partial charge in [-0.3, -0.25) is 9.59 Å². The summed E-state index contributed by atoms with van der Waals surface area (Å²) in [6.07, 6.45) is 0.370. The van der Waals surface area contributed by atoms with Gasteiger partial charge in [0.1, 0.15) is 11.8 Å². The Morgan fingerprint density at radius 2 is 1.66 bits per heavy atom. The Morgan fingerprint density at radius 1 is 1.00 bits per heavy atom. The molecule has 0 unspecified atom stereocenters. The number of nitrogens with zero attached hydrogens (tertiary/aromatic N) is 1.